The molecule has 4 aromatic rings. The van der Waals surface area contributed by atoms with Crippen LogP contribution in [0.2, 0.25) is 5.02 Å². The lowest BCUT2D eigenvalue weighted by molar-refractivity contribution is -0.122. The minimum atomic E-state index is -0.706. The first-order valence-corrected chi connectivity index (χ1v) is 14.7. The van der Waals surface area contributed by atoms with Gasteiger partial charge in [-0.1, -0.05) is 58.5 Å². The summed E-state index contributed by atoms with van der Waals surface area (Å²) in [5.74, 6) is -2.04. The number of thioether (sulfide) groups is 1. The van der Waals surface area contributed by atoms with Crippen LogP contribution in [0.25, 0.3) is 0 Å². The molecular formula is C27H20ClN3O4S3. The number of aromatic nitrogens is 1. The lowest BCUT2D eigenvalue weighted by Crippen LogP contribution is -2.32. The lowest BCUT2D eigenvalue weighted by Gasteiger charge is -2.29. The maximum absolute atomic E-state index is 13.8. The van der Waals surface area contributed by atoms with Gasteiger partial charge in [0.15, 0.2) is 0 Å². The van der Waals surface area contributed by atoms with E-state index in [-0.39, 0.29) is 29.1 Å². The SMILES string of the molecule is Cc1ccc(N2C(=O)[C@@H]3[C@H](c4cccs4)c4sc(=O)n(CC(=O)Nc5ccc(Cl)cc5)c4S[C@@H]3C2=O)cc1. The third-order valence-corrected chi connectivity index (χ3v) is 10.4. The van der Waals surface area contributed by atoms with Gasteiger partial charge in [-0.25, -0.2) is 4.90 Å². The molecule has 0 radical (unpaired) electrons. The Morgan fingerprint density at radius 3 is 2.42 bits per heavy atom. The number of nitrogens with zero attached hydrogens (tertiary/aromatic N) is 2. The molecule has 7 nitrogen and oxygen atoms in total. The molecule has 0 aliphatic carbocycles. The van der Waals surface area contributed by atoms with Crippen molar-refractivity contribution in [3.63, 3.8) is 0 Å². The van der Waals surface area contributed by atoms with E-state index in [2.05, 4.69) is 5.32 Å². The topological polar surface area (TPSA) is 88.5 Å². The van der Waals surface area contributed by atoms with E-state index in [1.165, 1.54) is 32.6 Å². The fourth-order valence-corrected chi connectivity index (χ4v) is 8.70. The summed E-state index contributed by atoms with van der Waals surface area (Å²) < 4.78 is 1.42. The third kappa shape index (κ3) is 4.31. The summed E-state index contributed by atoms with van der Waals surface area (Å²) in [6.07, 6.45) is 0. The molecule has 3 atom stereocenters. The van der Waals surface area contributed by atoms with E-state index in [4.69, 9.17) is 11.6 Å². The van der Waals surface area contributed by atoms with Gasteiger partial charge in [0.05, 0.1) is 16.6 Å². The number of anilines is 2. The predicted molar refractivity (Wildman–Crippen MR) is 152 cm³/mol. The maximum atomic E-state index is 13.8. The normalized spacial score (nSPS) is 20.4. The second-order valence-electron chi connectivity index (χ2n) is 9.08. The molecule has 0 spiro atoms. The van der Waals surface area contributed by atoms with Gasteiger partial charge in [-0.05, 0) is 54.8 Å². The number of imide groups is 1. The van der Waals surface area contributed by atoms with E-state index in [0.717, 1.165) is 26.7 Å². The predicted octanol–water partition coefficient (Wildman–Crippen LogP) is 5.37. The third-order valence-electron chi connectivity index (χ3n) is 6.62. The summed E-state index contributed by atoms with van der Waals surface area (Å²) >= 11 is 9.67. The van der Waals surface area contributed by atoms with Gasteiger partial charge in [0.25, 0.3) is 0 Å². The molecule has 1 saturated heterocycles. The van der Waals surface area contributed by atoms with Crippen LogP contribution in [-0.2, 0) is 20.9 Å². The number of hydrogen-bond donors (Lipinski definition) is 1. The Morgan fingerprint density at radius 2 is 1.74 bits per heavy atom. The first kappa shape index (κ1) is 25.1. The van der Waals surface area contributed by atoms with Crippen LogP contribution in [0.4, 0.5) is 11.4 Å². The zero-order valence-corrected chi connectivity index (χ0v) is 23.1. The number of carbonyl (C=O) groups is 3. The molecule has 2 aliphatic rings. The maximum Gasteiger partial charge on any atom is 0.308 e. The molecule has 38 heavy (non-hydrogen) atoms. The van der Waals surface area contributed by atoms with Gasteiger partial charge in [-0.3, -0.25) is 23.7 Å². The molecule has 0 unspecified atom stereocenters. The Kier molecular flexibility index (Phi) is 6.51. The number of amides is 3. The molecule has 2 aromatic carbocycles. The standard InChI is InChI=1S/C27H20ClN3O4S3/c1-14-4-10-17(11-5-14)31-24(33)21-20(18-3-2-12-36-18)23-26(37-22(21)25(31)34)30(27(35)38-23)13-19(32)29-16-8-6-15(28)7-9-16/h2-12,20-22H,13H2,1H3,(H,29,32)/t20-,21+,22-/m0/s1. The van der Waals surface area contributed by atoms with Crippen molar-refractivity contribution in [2.24, 2.45) is 5.92 Å². The van der Waals surface area contributed by atoms with E-state index in [0.29, 0.717) is 21.4 Å². The van der Waals surface area contributed by atoms with Gasteiger partial charge in [-0.15, -0.1) is 11.3 Å². The second kappa shape index (κ2) is 9.85. The Hall–Kier alpha value is -3.18. The van der Waals surface area contributed by atoms with Crippen LogP contribution in [0.3, 0.4) is 0 Å². The highest BCUT2D eigenvalue weighted by atomic mass is 35.5. The van der Waals surface area contributed by atoms with Crippen molar-refractivity contribution in [2.75, 3.05) is 10.2 Å². The number of nitrogens with one attached hydrogen (secondary N) is 1. The van der Waals surface area contributed by atoms with E-state index < -0.39 is 17.1 Å². The Labute approximate surface area is 235 Å². The smallest absolute Gasteiger partial charge is 0.308 e. The molecule has 0 saturated carbocycles. The first-order valence-electron chi connectivity index (χ1n) is 11.8. The average molecular weight is 582 g/mol. The number of fused-ring (bicyclic) bond motifs is 2. The van der Waals surface area contributed by atoms with Crippen LogP contribution < -0.4 is 15.1 Å². The molecule has 4 heterocycles. The summed E-state index contributed by atoms with van der Waals surface area (Å²) in [4.78, 5) is 56.1. The average Bonchev–Trinajstić information content (AvgIpc) is 3.59. The van der Waals surface area contributed by atoms with Gasteiger partial charge in [0, 0.05) is 26.4 Å². The Morgan fingerprint density at radius 1 is 1.00 bits per heavy atom. The van der Waals surface area contributed by atoms with Crippen LogP contribution in [0.5, 0.6) is 0 Å². The molecular weight excluding hydrogens is 562 g/mol. The van der Waals surface area contributed by atoms with Crippen molar-refractivity contribution >= 4 is 75.1 Å². The van der Waals surface area contributed by atoms with Gasteiger partial charge in [0.2, 0.25) is 17.7 Å². The molecule has 6 rings (SSSR count). The van der Waals surface area contributed by atoms with Crippen LogP contribution in [0.1, 0.15) is 21.2 Å². The second-order valence-corrected chi connectivity index (χ2v) is 12.6. The van der Waals surface area contributed by atoms with Crippen molar-refractivity contribution < 1.29 is 14.4 Å². The number of halogens is 1. The van der Waals surface area contributed by atoms with E-state index in [1.807, 2.05) is 36.6 Å². The highest BCUT2D eigenvalue weighted by Gasteiger charge is 2.57. The number of hydrogen-bond acceptors (Lipinski definition) is 7. The van der Waals surface area contributed by atoms with E-state index in [1.54, 1.807) is 36.4 Å². The van der Waals surface area contributed by atoms with Crippen molar-refractivity contribution in [2.45, 2.75) is 29.7 Å². The number of thiophene rings is 1. The lowest BCUT2D eigenvalue weighted by atomic mass is 9.87. The Balaban J connectivity index is 1.38. The quantitative estimate of drug-likeness (QED) is 0.320. The number of carbonyl (C=O) groups excluding carboxylic acids is 3. The number of thiazole rings is 1. The molecule has 192 valence electrons. The minimum absolute atomic E-state index is 0.210. The van der Waals surface area contributed by atoms with Gasteiger partial charge in [-0.2, -0.15) is 0 Å². The minimum Gasteiger partial charge on any atom is -0.325 e. The fourth-order valence-electron chi connectivity index (χ4n) is 4.86. The van der Waals surface area contributed by atoms with E-state index >= 15 is 0 Å². The van der Waals surface area contributed by atoms with Crippen molar-refractivity contribution in [3.8, 4) is 0 Å². The zero-order valence-electron chi connectivity index (χ0n) is 19.9. The van der Waals surface area contributed by atoms with Crippen molar-refractivity contribution in [1.82, 2.24) is 4.57 Å². The zero-order chi connectivity index (χ0) is 26.6. The van der Waals surface area contributed by atoms with Gasteiger partial charge >= 0.3 is 4.87 Å². The summed E-state index contributed by atoms with van der Waals surface area (Å²) in [6, 6.07) is 17.8. The van der Waals surface area contributed by atoms with Gasteiger partial charge < -0.3 is 5.32 Å². The highest BCUT2D eigenvalue weighted by Crippen LogP contribution is 2.54. The van der Waals surface area contributed by atoms with Crippen LogP contribution in [-0.4, -0.2) is 27.5 Å². The van der Waals surface area contributed by atoms with Crippen molar-refractivity contribution in [3.05, 3.63) is 96.1 Å². The molecule has 2 aliphatic heterocycles. The molecule has 3 amide bonds. The van der Waals surface area contributed by atoms with Crippen molar-refractivity contribution in [1.29, 1.82) is 0 Å². The number of rotatable bonds is 5. The summed E-state index contributed by atoms with van der Waals surface area (Å²) in [5.41, 5.74) is 2.12. The highest BCUT2D eigenvalue weighted by molar-refractivity contribution is 8.00. The first-order chi connectivity index (χ1) is 18.3. The number of benzene rings is 2. The van der Waals surface area contributed by atoms with E-state index in [9.17, 15) is 19.2 Å². The van der Waals surface area contributed by atoms with Crippen LogP contribution in [0.15, 0.2) is 75.9 Å². The van der Waals surface area contributed by atoms with Gasteiger partial charge in [0.1, 0.15) is 11.8 Å². The Bertz CT molecular complexity index is 1610. The molecule has 0 bridgehead atoms. The van der Waals surface area contributed by atoms with Crippen LogP contribution in [0, 0.1) is 12.8 Å². The summed E-state index contributed by atoms with van der Waals surface area (Å²) in [6.45, 7) is 1.74. The molecule has 11 heteroatoms. The molecule has 2 aromatic heterocycles. The molecule has 1 N–H and O–H groups in total. The summed E-state index contributed by atoms with van der Waals surface area (Å²) in [5, 5.41) is 5.12. The molecule has 1 fully saturated rings. The van der Waals surface area contributed by atoms with Crippen LogP contribution >= 0.6 is 46.0 Å². The fraction of sp³-hybridized carbons (Fsp3) is 0.185. The monoisotopic (exact) mass is 581 g/mol. The largest absolute Gasteiger partial charge is 0.325 e. The number of aryl methyl sites for hydroxylation is 1. The summed E-state index contributed by atoms with van der Waals surface area (Å²) in [7, 11) is 0.